The van der Waals surface area contributed by atoms with Gasteiger partial charge in [-0.15, -0.1) is 0 Å². The van der Waals surface area contributed by atoms with Crippen molar-refractivity contribution in [1.29, 1.82) is 0 Å². The first-order valence-electron chi connectivity index (χ1n) is 7.34. The first kappa shape index (κ1) is 13.2. The quantitative estimate of drug-likeness (QED) is 0.919. The summed E-state index contributed by atoms with van der Waals surface area (Å²) in [6.07, 6.45) is 2.16. The maximum absolute atomic E-state index is 9.41. The average molecular weight is 267 g/mol. The van der Waals surface area contributed by atoms with Crippen molar-refractivity contribution >= 4 is 11.4 Å². The molecular formula is C18H21NO. The SMILES string of the molecule is C[C@@H](CO)CN1c2ccccc2CCc2ccccc21. The highest BCUT2D eigenvalue weighted by Gasteiger charge is 2.21. The lowest BCUT2D eigenvalue weighted by molar-refractivity contribution is 0.241. The molecule has 1 aliphatic rings. The van der Waals surface area contributed by atoms with Gasteiger partial charge in [-0.3, -0.25) is 0 Å². The van der Waals surface area contributed by atoms with Crippen molar-refractivity contribution < 1.29 is 5.11 Å². The molecule has 3 rings (SSSR count). The Morgan fingerprint density at radius 3 is 1.95 bits per heavy atom. The van der Waals surface area contributed by atoms with Crippen LogP contribution in [0.4, 0.5) is 11.4 Å². The molecule has 0 radical (unpaired) electrons. The average Bonchev–Trinajstić information content (AvgIpc) is 2.65. The number of anilines is 2. The number of rotatable bonds is 3. The monoisotopic (exact) mass is 267 g/mol. The van der Waals surface area contributed by atoms with Gasteiger partial charge in [-0.1, -0.05) is 43.3 Å². The number of fused-ring (bicyclic) bond motifs is 2. The lowest BCUT2D eigenvalue weighted by atomic mass is 10.0. The Morgan fingerprint density at radius 1 is 0.950 bits per heavy atom. The number of aryl methyl sites for hydroxylation is 2. The Balaban J connectivity index is 2.09. The van der Waals surface area contributed by atoms with Crippen LogP contribution < -0.4 is 4.90 Å². The van der Waals surface area contributed by atoms with Crippen LogP contribution in [0.1, 0.15) is 18.1 Å². The van der Waals surface area contributed by atoms with Crippen molar-refractivity contribution in [3.63, 3.8) is 0 Å². The van der Waals surface area contributed by atoms with Crippen LogP contribution in [-0.2, 0) is 12.8 Å². The van der Waals surface area contributed by atoms with Gasteiger partial charge in [-0.2, -0.15) is 0 Å². The number of aliphatic hydroxyl groups excluding tert-OH is 1. The summed E-state index contributed by atoms with van der Waals surface area (Å²) in [7, 11) is 0. The minimum absolute atomic E-state index is 0.223. The summed E-state index contributed by atoms with van der Waals surface area (Å²) < 4.78 is 0. The molecule has 0 aromatic heterocycles. The van der Waals surface area contributed by atoms with Gasteiger partial charge >= 0.3 is 0 Å². The van der Waals surface area contributed by atoms with Gasteiger partial charge in [0.1, 0.15) is 0 Å². The normalized spacial score (nSPS) is 15.2. The molecule has 1 heterocycles. The molecule has 104 valence electrons. The van der Waals surface area contributed by atoms with E-state index in [0.717, 1.165) is 19.4 Å². The minimum atomic E-state index is 0.223. The highest BCUT2D eigenvalue weighted by molar-refractivity contribution is 5.71. The Morgan fingerprint density at radius 2 is 1.45 bits per heavy atom. The van der Waals surface area contributed by atoms with E-state index in [1.807, 2.05) is 0 Å². The van der Waals surface area contributed by atoms with Gasteiger partial charge in [0.2, 0.25) is 0 Å². The van der Waals surface area contributed by atoms with E-state index in [1.165, 1.54) is 22.5 Å². The van der Waals surface area contributed by atoms with E-state index in [9.17, 15) is 5.11 Å². The van der Waals surface area contributed by atoms with Gasteiger partial charge in [-0.05, 0) is 42.0 Å². The fraction of sp³-hybridized carbons (Fsp3) is 0.333. The van der Waals surface area contributed by atoms with E-state index in [0.29, 0.717) is 0 Å². The van der Waals surface area contributed by atoms with Crippen LogP contribution in [0.2, 0.25) is 0 Å². The van der Waals surface area contributed by atoms with Gasteiger partial charge in [0, 0.05) is 24.5 Å². The van der Waals surface area contributed by atoms with Gasteiger partial charge in [0.05, 0.1) is 0 Å². The number of aliphatic hydroxyl groups is 1. The van der Waals surface area contributed by atoms with Gasteiger partial charge in [0.25, 0.3) is 0 Å². The molecule has 1 N–H and O–H groups in total. The van der Waals surface area contributed by atoms with E-state index in [-0.39, 0.29) is 12.5 Å². The number of hydrogen-bond acceptors (Lipinski definition) is 2. The molecule has 2 nitrogen and oxygen atoms in total. The van der Waals surface area contributed by atoms with E-state index in [2.05, 4.69) is 60.4 Å². The van der Waals surface area contributed by atoms with Crippen LogP contribution in [0.3, 0.4) is 0 Å². The van der Waals surface area contributed by atoms with Crippen molar-refractivity contribution in [2.24, 2.45) is 5.92 Å². The summed E-state index contributed by atoms with van der Waals surface area (Å²) in [5, 5.41) is 9.41. The Bertz CT molecular complexity index is 546. The second-order valence-corrected chi connectivity index (χ2v) is 5.66. The van der Waals surface area contributed by atoms with E-state index in [4.69, 9.17) is 0 Å². The van der Waals surface area contributed by atoms with E-state index >= 15 is 0 Å². The smallest absolute Gasteiger partial charge is 0.0473 e. The van der Waals surface area contributed by atoms with Crippen molar-refractivity contribution in [2.75, 3.05) is 18.1 Å². The number of nitrogens with zero attached hydrogens (tertiary/aromatic N) is 1. The molecule has 2 aromatic carbocycles. The molecule has 0 saturated carbocycles. The van der Waals surface area contributed by atoms with E-state index in [1.54, 1.807) is 0 Å². The summed E-state index contributed by atoms with van der Waals surface area (Å²) in [4.78, 5) is 2.37. The molecule has 0 unspecified atom stereocenters. The minimum Gasteiger partial charge on any atom is -0.396 e. The maximum Gasteiger partial charge on any atom is 0.0473 e. The predicted octanol–water partition coefficient (Wildman–Crippen LogP) is 3.55. The third-order valence-corrected chi connectivity index (χ3v) is 4.03. The van der Waals surface area contributed by atoms with Crippen molar-refractivity contribution in [3.05, 3.63) is 59.7 Å². The van der Waals surface area contributed by atoms with Crippen LogP contribution in [-0.4, -0.2) is 18.3 Å². The van der Waals surface area contributed by atoms with Crippen LogP contribution in [0.5, 0.6) is 0 Å². The molecule has 0 aliphatic carbocycles. The second kappa shape index (κ2) is 5.68. The third kappa shape index (κ3) is 2.44. The predicted molar refractivity (Wildman–Crippen MR) is 83.5 cm³/mol. The Hall–Kier alpha value is -1.80. The van der Waals surface area contributed by atoms with Crippen molar-refractivity contribution in [1.82, 2.24) is 0 Å². The maximum atomic E-state index is 9.41. The zero-order chi connectivity index (χ0) is 13.9. The fourth-order valence-electron chi connectivity index (χ4n) is 2.94. The van der Waals surface area contributed by atoms with E-state index < -0.39 is 0 Å². The van der Waals surface area contributed by atoms with Gasteiger partial charge in [-0.25, -0.2) is 0 Å². The summed E-state index contributed by atoms with van der Waals surface area (Å²) in [5.41, 5.74) is 5.37. The topological polar surface area (TPSA) is 23.5 Å². The molecule has 1 atom stereocenters. The molecule has 2 heteroatoms. The van der Waals surface area contributed by atoms with Gasteiger partial charge in [0.15, 0.2) is 0 Å². The third-order valence-electron chi connectivity index (χ3n) is 4.03. The first-order chi connectivity index (χ1) is 9.79. The lowest BCUT2D eigenvalue weighted by Crippen LogP contribution is -2.26. The largest absolute Gasteiger partial charge is 0.396 e. The number of para-hydroxylation sites is 2. The molecule has 0 bridgehead atoms. The van der Waals surface area contributed by atoms with Crippen LogP contribution in [0.15, 0.2) is 48.5 Å². The number of hydrogen-bond donors (Lipinski definition) is 1. The lowest BCUT2D eigenvalue weighted by Gasteiger charge is -2.29. The first-order valence-corrected chi connectivity index (χ1v) is 7.34. The summed E-state index contributed by atoms with van der Waals surface area (Å²) in [6, 6.07) is 17.3. The molecule has 1 aliphatic heterocycles. The van der Waals surface area contributed by atoms with Crippen molar-refractivity contribution in [2.45, 2.75) is 19.8 Å². The molecule has 0 fully saturated rings. The second-order valence-electron chi connectivity index (χ2n) is 5.66. The molecule has 0 spiro atoms. The van der Waals surface area contributed by atoms with Crippen LogP contribution in [0.25, 0.3) is 0 Å². The molecule has 0 amide bonds. The Kier molecular flexibility index (Phi) is 3.75. The molecule has 0 saturated heterocycles. The van der Waals surface area contributed by atoms with Crippen molar-refractivity contribution in [3.8, 4) is 0 Å². The van der Waals surface area contributed by atoms with Gasteiger partial charge < -0.3 is 10.0 Å². The standard InChI is InChI=1S/C18H21NO/c1-14(13-20)12-19-17-8-4-2-6-15(17)10-11-16-7-3-5-9-18(16)19/h2-9,14,20H,10-13H2,1H3/t14-/m1/s1. The highest BCUT2D eigenvalue weighted by atomic mass is 16.3. The van der Waals surface area contributed by atoms with Crippen LogP contribution in [0, 0.1) is 5.92 Å². The fourth-order valence-corrected chi connectivity index (χ4v) is 2.94. The highest BCUT2D eigenvalue weighted by Crippen LogP contribution is 2.36. The zero-order valence-corrected chi connectivity index (χ0v) is 11.9. The zero-order valence-electron chi connectivity index (χ0n) is 11.9. The summed E-state index contributed by atoms with van der Waals surface area (Å²) in [5.74, 6) is 0.259. The number of benzene rings is 2. The summed E-state index contributed by atoms with van der Waals surface area (Å²) >= 11 is 0. The van der Waals surface area contributed by atoms with Crippen LogP contribution >= 0.6 is 0 Å². The Labute approximate surface area is 120 Å². The summed E-state index contributed by atoms with van der Waals surface area (Å²) in [6.45, 7) is 3.17. The molecule has 20 heavy (non-hydrogen) atoms. The molecule has 2 aromatic rings. The molecular weight excluding hydrogens is 246 g/mol.